The lowest BCUT2D eigenvalue weighted by molar-refractivity contribution is 0.307. The largest absolute Gasteiger partial charge is 0.331 e. The molecule has 1 fully saturated rings. The quantitative estimate of drug-likeness (QED) is 0.849. The summed E-state index contributed by atoms with van der Waals surface area (Å²) in [5, 5.41) is 3.50. The number of nitrogens with one attached hydrogen (secondary N) is 1. The summed E-state index contributed by atoms with van der Waals surface area (Å²) < 4.78 is 2.40. The molecule has 1 aromatic rings. The highest BCUT2D eigenvalue weighted by atomic mass is 15.1. The van der Waals surface area contributed by atoms with Gasteiger partial charge in [-0.1, -0.05) is 13.8 Å². The van der Waals surface area contributed by atoms with Crippen LogP contribution < -0.4 is 5.32 Å². The van der Waals surface area contributed by atoms with Gasteiger partial charge < -0.3 is 9.88 Å². The maximum absolute atomic E-state index is 4.32. The first kappa shape index (κ1) is 11.6. The highest BCUT2D eigenvalue weighted by Gasteiger charge is 2.21. The van der Waals surface area contributed by atoms with Crippen LogP contribution in [0.3, 0.4) is 0 Å². The topological polar surface area (TPSA) is 29.9 Å². The van der Waals surface area contributed by atoms with Gasteiger partial charge in [0.25, 0.3) is 0 Å². The second-order valence-corrected chi connectivity index (χ2v) is 5.42. The lowest BCUT2D eigenvalue weighted by Gasteiger charge is -2.30. The molecular weight excluding hydrogens is 198 g/mol. The van der Waals surface area contributed by atoms with Crippen LogP contribution in [0.2, 0.25) is 0 Å². The third-order valence-corrected chi connectivity index (χ3v) is 3.35. The molecule has 0 amide bonds. The van der Waals surface area contributed by atoms with Crippen LogP contribution >= 0.6 is 0 Å². The van der Waals surface area contributed by atoms with E-state index in [0.717, 1.165) is 13.0 Å². The molecular formula is C13H23N3. The molecule has 3 heteroatoms. The third-order valence-electron chi connectivity index (χ3n) is 3.35. The molecule has 0 spiro atoms. The molecule has 0 aliphatic carbocycles. The Morgan fingerprint density at radius 2 is 2.38 bits per heavy atom. The molecule has 0 bridgehead atoms. The molecule has 90 valence electrons. The molecule has 1 aliphatic rings. The van der Waals surface area contributed by atoms with Gasteiger partial charge in [0.05, 0.1) is 6.33 Å². The molecule has 0 radical (unpaired) electrons. The van der Waals surface area contributed by atoms with Gasteiger partial charge in [-0.2, -0.15) is 0 Å². The smallest absolute Gasteiger partial charge is 0.0950 e. The van der Waals surface area contributed by atoms with Crippen molar-refractivity contribution in [3.63, 3.8) is 0 Å². The van der Waals surface area contributed by atoms with Gasteiger partial charge in [-0.15, -0.1) is 0 Å². The van der Waals surface area contributed by atoms with Crippen molar-refractivity contribution in [2.45, 2.75) is 52.1 Å². The summed E-state index contributed by atoms with van der Waals surface area (Å²) in [6.45, 7) is 7.93. The first-order chi connectivity index (χ1) is 7.66. The number of nitrogens with zero attached hydrogens (tertiary/aromatic N) is 2. The number of hydrogen-bond acceptors (Lipinski definition) is 2. The summed E-state index contributed by atoms with van der Waals surface area (Å²) in [6.07, 6.45) is 7.64. The Morgan fingerprint density at radius 1 is 1.56 bits per heavy atom. The van der Waals surface area contributed by atoms with Gasteiger partial charge in [0.15, 0.2) is 0 Å². The minimum absolute atomic E-state index is 0.632. The molecule has 3 nitrogen and oxygen atoms in total. The molecule has 0 aromatic carbocycles. The molecule has 2 heterocycles. The molecule has 1 aliphatic heterocycles. The SMILES string of the molecule is CC(C)Cc1cncn1C1CCNC(C)C1. The van der Waals surface area contributed by atoms with Crippen LogP contribution in [0, 0.1) is 5.92 Å². The van der Waals surface area contributed by atoms with Crippen LogP contribution in [-0.2, 0) is 6.42 Å². The van der Waals surface area contributed by atoms with E-state index in [1.165, 1.54) is 18.5 Å². The zero-order chi connectivity index (χ0) is 11.5. The van der Waals surface area contributed by atoms with Crippen molar-refractivity contribution >= 4 is 0 Å². The van der Waals surface area contributed by atoms with Crippen molar-refractivity contribution in [2.24, 2.45) is 5.92 Å². The fraction of sp³-hybridized carbons (Fsp3) is 0.769. The second kappa shape index (κ2) is 5.00. The van der Waals surface area contributed by atoms with Gasteiger partial charge in [-0.25, -0.2) is 4.98 Å². The normalized spacial score (nSPS) is 26.2. The molecule has 1 saturated heterocycles. The summed E-state index contributed by atoms with van der Waals surface area (Å²) in [5.41, 5.74) is 1.40. The summed E-state index contributed by atoms with van der Waals surface area (Å²) in [4.78, 5) is 4.32. The molecule has 2 rings (SSSR count). The van der Waals surface area contributed by atoms with Gasteiger partial charge in [-0.05, 0) is 38.6 Å². The molecule has 2 unspecified atom stereocenters. The average Bonchev–Trinajstić information content (AvgIpc) is 2.65. The number of rotatable bonds is 3. The summed E-state index contributed by atoms with van der Waals surface area (Å²) in [6, 6.07) is 1.28. The van der Waals surface area contributed by atoms with E-state index < -0.39 is 0 Å². The van der Waals surface area contributed by atoms with Crippen LogP contribution in [0.25, 0.3) is 0 Å². The molecule has 1 N–H and O–H groups in total. The van der Waals surface area contributed by atoms with Crippen molar-refractivity contribution < 1.29 is 0 Å². The molecule has 2 atom stereocenters. The zero-order valence-corrected chi connectivity index (χ0v) is 10.6. The molecule has 16 heavy (non-hydrogen) atoms. The highest BCUT2D eigenvalue weighted by Crippen LogP contribution is 2.24. The van der Waals surface area contributed by atoms with Crippen LogP contribution in [0.1, 0.15) is 45.3 Å². The van der Waals surface area contributed by atoms with Crippen LogP contribution in [0.4, 0.5) is 0 Å². The van der Waals surface area contributed by atoms with E-state index in [9.17, 15) is 0 Å². The Bertz CT molecular complexity index is 330. The zero-order valence-electron chi connectivity index (χ0n) is 10.6. The Labute approximate surface area is 98.3 Å². The second-order valence-electron chi connectivity index (χ2n) is 5.42. The summed E-state index contributed by atoms with van der Waals surface area (Å²) in [7, 11) is 0. The maximum Gasteiger partial charge on any atom is 0.0950 e. The third kappa shape index (κ3) is 2.64. The van der Waals surface area contributed by atoms with Gasteiger partial charge >= 0.3 is 0 Å². The number of aromatic nitrogens is 2. The Balaban J connectivity index is 2.10. The lowest BCUT2D eigenvalue weighted by atomic mass is 9.99. The fourth-order valence-electron chi connectivity index (χ4n) is 2.60. The molecule has 0 saturated carbocycles. The van der Waals surface area contributed by atoms with Crippen molar-refractivity contribution in [1.82, 2.24) is 14.9 Å². The first-order valence-corrected chi connectivity index (χ1v) is 6.41. The predicted octanol–water partition coefficient (Wildman–Crippen LogP) is 2.39. The van der Waals surface area contributed by atoms with Crippen molar-refractivity contribution in [3.05, 3.63) is 18.2 Å². The van der Waals surface area contributed by atoms with Crippen molar-refractivity contribution in [2.75, 3.05) is 6.54 Å². The number of piperidine rings is 1. The predicted molar refractivity (Wildman–Crippen MR) is 66.5 cm³/mol. The van der Waals surface area contributed by atoms with E-state index in [1.54, 1.807) is 0 Å². The minimum atomic E-state index is 0.632. The van der Waals surface area contributed by atoms with E-state index in [0.29, 0.717) is 18.0 Å². The monoisotopic (exact) mass is 221 g/mol. The molecule has 1 aromatic heterocycles. The Kier molecular flexibility index (Phi) is 3.64. The highest BCUT2D eigenvalue weighted by molar-refractivity contribution is 5.02. The minimum Gasteiger partial charge on any atom is -0.331 e. The Morgan fingerprint density at radius 3 is 3.06 bits per heavy atom. The van der Waals surface area contributed by atoms with E-state index >= 15 is 0 Å². The van der Waals surface area contributed by atoms with Gasteiger partial charge in [0.2, 0.25) is 0 Å². The summed E-state index contributed by atoms with van der Waals surface area (Å²) in [5.74, 6) is 0.703. The Hall–Kier alpha value is -0.830. The number of hydrogen-bond donors (Lipinski definition) is 1. The maximum atomic E-state index is 4.32. The number of imidazole rings is 1. The van der Waals surface area contributed by atoms with Gasteiger partial charge in [0.1, 0.15) is 0 Å². The van der Waals surface area contributed by atoms with Crippen LogP contribution in [-0.4, -0.2) is 22.1 Å². The van der Waals surface area contributed by atoms with Crippen LogP contribution in [0.5, 0.6) is 0 Å². The van der Waals surface area contributed by atoms with Gasteiger partial charge in [-0.3, -0.25) is 0 Å². The van der Waals surface area contributed by atoms with E-state index in [-0.39, 0.29) is 0 Å². The summed E-state index contributed by atoms with van der Waals surface area (Å²) >= 11 is 0. The standard InChI is InChI=1S/C13H23N3/c1-10(2)6-13-8-14-9-16(13)12-4-5-15-11(3)7-12/h8-12,15H,4-7H2,1-3H3. The average molecular weight is 221 g/mol. The van der Waals surface area contributed by atoms with Crippen LogP contribution in [0.15, 0.2) is 12.5 Å². The lowest BCUT2D eigenvalue weighted by Crippen LogP contribution is -2.37. The van der Waals surface area contributed by atoms with E-state index in [2.05, 4.69) is 35.6 Å². The first-order valence-electron chi connectivity index (χ1n) is 6.41. The van der Waals surface area contributed by atoms with E-state index in [4.69, 9.17) is 0 Å². The van der Waals surface area contributed by atoms with Crippen molar-refractivity contribution in [3.8, 4) is 0 Å². The van der Waals surface area contributed by atoms with Gasteiger partial charge in [0, 0.05) is 24.0 Å². The fourth-order valence-corrected chi connectivity index (χ4v) is 2.60. The van der Waals surface area contributed by atoms with Crippen molar-refractivity contribution in [1.29, 1.82) is 0 Å². The van der Waals surface area contributed by atoms with E-state index in [1.807, 2.05) is 12.5 Å².